The minimum absolute atomic E-state index is 0.0669. The van der Waals surface area contributed by atoms with Crippen molar-refractivity contribution in [3.05, 3.63) is 46.7 Å². The second kappa shape index (κ2) is 8.46. The van der Waals surface area contributed by atoms with Crippen molar-refractivity contribution in [2.75, 3.05) is 25.0 Å². The molecule has 1 aromatic heterocycles. The van der Waals surface area contributed by atoms with Gasteiger partial charge in [-0.2, -0.15) is 0 Å². The summed E-state index contributed by atoms with van der Waals surface area (Å²) in [7, 11) is 0. The molecule has 2 aromatic rings. The predicted octanol–water partition coefficient (Wildman–Crippen LogP) is 3.50. The molecule has 5 nitrogen and oxygen atoms in total. The lowest BCUT2D eigenvalue weighted by Gasteiger charge is -2.27. The van der Waals surface area contributed by atoms with Gasteiger partial charge in [0.15, 0.2) is 0 Å². The Balaban J connectivity index is 1.35. The molecule has 1 saturated heterocycles. The van der Waals surface area contributed by atoms with E-state index in [0.717, 1.165) is 23.7 Å². The van der Waals surface area contributed by atoms with Crippen LogP contribution in [0.4, 0.5) is 5.69 Å². The smallest absolute Gasteiger partial charge is 0.238 e. The summed E-state index contributed by atoms with van der Waals surface area (Å²) in [5.74, 6) is -0.161. The van der Waals surface area contributed by atoms with Crippen LogP contribution in [0.3, 0.4) is 0 Å². The SMILES string of the molecule is O=C(CC1Sc2ccccc2NC1=O)NCC(c1cccs1)N1CCCC1. The molecule has 0 spiro atoms. The second-order valence-corrected chi connectivity index (χ2v) is 9.10. The number of fused-ring (bicyclic) bond motifs is 1. The van der Waals surface area contributed by atoms with E-state index in [1.165, 1.54) is 29.5 Å². The molecular weight excluding hydrogens is 378 g/mol. The Morgan fingerprint density at radius 3 is 2.81 bits per heavy atom. The molecule has 0 aliphatic carbocycles. The fraction of sp³-hybridized carbons (Fsp3) is 0.400. The maximum absolute atomic E-state index is 12.5. The lowest BCUT2D eigenvalue weighted by atomic mass is 10.2. The number of para-hydroxylation sites is 1. The average molecular weight is 402 g/mol. The molecule has 142 valence electrons. The van der Waals surface area contributed by atoms with E-state index in [2.05, 4.69) is 33.0 Å². The van der Waals surface area contributed by atoms with E-state index in [0.29, 0.717) is 6.54 Å². The van der Waals surface area contributed by atoms with Gasteiger partial charge in [-0.05, 0) is 49.5 Å². The number of rotatable bonds is 6. The first-order chi connectivity index (χ1) is 13.2. The number of benzene rings is 1. The van der Waals surface area contributed by atoms with Crippen LogP contribution in [0.25, 0.3) is 0 Å². The molecule has 2 aliphatic rings. The molecule has 2 aliphatic heterocycles. The summed E-state index contributed by atoms with van der Waals surface area (Å²) in [6.07, 6.45) is 2.63. The third-order valence-corrected chi connectivity index (χ3v) is 7.27. The molecule has 4 rings (SSSR count). The van der Waals surface area contributed by atoms with E-state index in [1.807, 2.05) is 24.3 Å². The number of hydrogen-bond acceptors (Lipinski definition) is 5. The molecule has 3 heterocycles. The van der Waals surface area contributed by atoms with Crippen molar-refractivity contribution < 1.29 is 9.59 Å². The van der Waals surface area contributed by atoms with Gasteiger partial charge in [0.2, 0.25) is 11.8 Å². The number of carbonyl (C=O) groups is 2. The van der Waals surface area contributed by atoms with Crippen LogP contribution < -0.4 is 10.6 Å². The highest BCUT2D eigenvalue weighted by Gasteiger charge is 2.30. The third-order valence-electron chi connectivity index (χ3n) is 5.02. The number of thiophene rings is 1. The lowest BCUT2D eigenvalue weighted by Crippen LogP contribution is -2.39. The predicted molar refractivity (Wildman–Crippen MR) is 110 cm³/mol. The Hall–Kier alpha value is -1.83. The number of anilines is 1. The van der Waals surface area contributed by atoms with Crippen molar-refractivity contribution in [1.82, 2.24) is 10.2 Å². The standard InChI is InChI=1S/C20H23N3O2S2/c24-19(12-18-20(25)22-14-6-1-2-7-16(14)27-18)21-13-15(17-8-5-11-26-17)23-9-3-4-10-23/h1-2,5-8,11,15,18H,3-4,9-10,12-13H2,(H,21,24)(H,22,25). The Morgan fingerprint density at radius 2 is 2.04 bits per heavy atom. The highest BCUT2D eigenvalue weighted by molar-refractivity contribution is 8.01. The van der Waals surface area contributed by atoms with Crippen molar-refractivity contribution in [2.45, 2.75) is 35.4 Å². The monoisotopic (exact) mass is 401 g/mol. The van der Waals surface area contributed by atoms with Gasteiger partial charge in [-0.25, -0.2) is 0 Å². The first-order valence-corrected chi connectivity index (χ1v) is 11.1. The van der Waals surface area contributed by atoms with E-state index in [1.54, 1.807) is 11.3 Å². The van der Waals surface area contributed by atoms with Gasteiger partial charge in [0.25, 0.3) is 0 Å². The Bertz CT molecular complexity index is 803. The van der Waals surface area contributed by atoms with Gasteiger partial charge in [-0.1, -0.05) is 18.2 Å². The minimum Gasteiger partial charge on any atom is -0.354 e. The number of nitrogens with one attached hydrogen (secondary N) is 2. The molecule has 0 saturated carbocycles. The number of thioether (sulfide) groups is 1. The van der Waals surface area contributed by atoms with Gasteiger partial charge >= 0.3 is 0 Å². The normalized spacial score (nSPS) is 20.7. The fourth-order valence-electron chi connectivity index (χ4n) is 3.62. The minimum atomic E-state index is -0.383. The van der Waals surface area contributed by atoms with Gasteiger partial charge in [0.05, 0.1) is 17.0 Å². The van der Waals surface area contributed by atoms with Crippen molar-refractivity contribution in [3.63, 3.8) is 0 Å². The first kappa shape index (κ1) is 18.5. The van der Waals surface area contributed by atoms with Crippen LogP contribution in [-0.2, 0) is 9.59 Å². The quantitative estimate of drug-likeness (QED) is 0.778. The van der Waals surface area contributed by atoms with Gasteiger partial charge in [-0.15, -0.1) is 23.1 Å². The van der Waals surface area contributed by atoms with E-state index in [9.17, 15) is 9.59 Å². The number of likely N-dealkylation sites (tertiary alicyclic amines) is 1. The van der Waals surface area contributed by atoms with Crippen LogP contribution >= 0.6 is 23.1 Å². The summed E-state index contributed by atoms with van der Waals surface area (Å²) in [6.45, 7) is 2.75. The van der Waals surface area contributed by atoms with E-state index < -0.39 is 0 Å². The van der Waals surface area contributed by atoms with Crippen LogP contribution in [0.5, 0.6) is 0 Å². The van der Waals surface area contributed by atoms with E-state index in [-0.39, 0.29) is 29.5 Å². The van der Waals surface area contributed by atoms with Crippen LogP contribution in [0.2, 0.25) is 0 Å². The van der Waals surface area contributed by atoms with Gasteiger partial charge in [0, 0.05) is 22.7 Å². The zero-order chi connectivity index (χ0) is 18.6. The largest absolute Gasteiger partial charge is 0.354 e. The van der Waals surface area contributed by atoms with E-state index in [4.69, 9.17) is 0 Å². The molecule has 2 N–H and O–H groups in total. The van der Waals surface area contributed by atoms with Gasteiger partial charge in [0.1, 0.15) is 0 Å². The third kappa shape index (κ3) is 4.36. The highest BCUT2D eigenvalue weighted by Crippen LogP contribution is 2.36. The van der Waals surface area contributed by atoms with Crippen molar-refractivity contribution in [2.24, 2.45) is 0 Å². The molecule has 1 fully saturated rings. The van der Waals surface area contributed by atoms with Crippen LogP contribution in [0, 0.1) is 0 Å². The number of carbonyl (C=O) groups excluding carboxylic acids is 2. The fourth-order valence-corrected chi connectivity index (χ4v) is 5.59. The Labute approximate surface area is 167 Å². The van der Waals surface area contributed by atoms with Crippen molar-refractivity contribution in [3.8, 4) is 0 Å². The molecule has 7 heteroatoms. The van der Waals surface area contributed by atoms with Gasteiger partial charge < -0.3 is 10.6 Å². The second-order valence-electron chi connectivity index (χ2n) is 6.87. The summed E-state index contributed by atoms with van der Waals surface area (Å²) < 4.78 is 0. The maximum atomic E-state index is 12.5. The van der Waals surface area contributed by atoms with Crippen molar-refractivity contribution in [1.29, 1.82) is 0 Å². The van der Waals surface area contributed by atoms with Crippen LogP contribution in [-0.4, -0.2) is 41.6 Å². The lowest BCUT2D eigenvalue weighted by molar-refractivity contribution is -0.124. The number of hydrogen-bond donors (Lipinski definition) is 2. The molecule has 27 heavy (non-hydrogen) atoms. The van der Waals surface area contributed by atoms with Crippen LogP contribution in [0.15, 0.2) is 46.7 Å². The maximum Gasteiger partial charge on any atom is 0.238 e. The number of amides is 2. The summed E-state index contributed by atoms with van der Waals surface area (Å²) >= 11 is 3.21. The highest BCUT2D eigenvalue weighted by atomic mass is 32.2. The molecule has 0 radical (unpaired) electrons. The first-order valence-electron chi connectivity index (χ1n) is 9.31. The molecule has 2 unspecified atom stereocenters. The van der Waals surface area contributed by atoms with Crippen molar-refractivity contribution >= 4 is 40.6 Å². The zero-order valence-corrected chi connectivity index (χ0v) is 16.7. The molecule has 1 aromatic carbocycles. The zero-order valence-electron chi connectivity index (χ0n) is 15.0. The van der Waals surface area contributed by atoms with Gasteiger partial charge in [-0.3, -0.25) is 14.5 Å². The molecule has 2 amide bonds. The Kier molecular flexibility index (Phi) is 5.80. The summed E-state index contributed by atoms with van der Waals surface area (Å²) in [5, 5.41) is 7.67. The topological polar surface area (TPSA) is 61.4 Å². The summed E-state index contributed by atoms with van der Waals surface area (Å²) in [4.78, 5) is 29.6. The summed E-state index contributed by atoms with van der Waals surface area (Å²) in [5.41, 5.74) is 0.830. The molecular formula is C20H23N3O2S2. The molecule has 0 bridgehead atoms. The van der Waals surface area contributed by atoms with Crippen LogP contribution in [0.1, 0.15) is 30.2 Å². The molecule has 2 atom stereocenters. The average Bonchev–Trinajstić information content (AvgIpc) is 3.37. The van der Waals surface area contributed by atoms with E-state index >= 15 is 0 Å². The number of nitrogens with zero attached hydrogens (tertiary/aromatic N) is 1. The Morgan fingerprint density at radius 1 is 1.22 bits per heavy atom. The summed E-state index contributed by atoms with van der Waals surface area (Å²) in [6, 6.07) is 12.1.